The summed E-state index contributed by atoms with van der Waals surface area (Å²) in [6.45, 7) is 0.152. The van der Waals surface area contributed by atoms with Crippen LogP contribution in [0.2, 0.25) is 0 Å². The van der Waals surface area contributed by atoms with Crippen molar-refractivity contribution in [3.8, 4) is 5.75 Å². The number of alkyl halides is 2. The van der Waals surface area contributed by atoms with Gasteiger partial charge in [-0.1, -0.05) is 25.5 Å². The van der Waals surface area contributed by atoms with Gasteiger partial charge in [-0.15, -0.1) is 0 Å². The summed E-state index contributed by atoms with van der Waals surface area (Å²) >= 11 is 0. The highest BCUT2D eigenvalue weighted by Crippen LogP contribution is 2.20. The quantitative estimate of drug-likeness (QED) is 0.737. The van der Waals surface area contributed by atoms with E-state index in [0.717, 1.165) is 19.3 Å². The second-order valence-electron chi connectivity index (χ2n) is 4.82. The molecule has 21 heavy (non-hydrogen) atoms. The van der Waals surface area contributed by atoms with E-state index in [1.807, 2.05) is 0 Å². The van der Waals surface area contributed by atoms with E-state index >= 15 is 0 Å². The minimum absolute atomic E-state index is 0.112. The van der Waals surface area contributed by atoms with E-state index < -0.39 is 12.5 Å². The van der Waals surface area contributed by atoms with Crippen molar-refractivity contribution >= 4 is 5.91 Å². The molecule has 0 bridgehead atoms. The molecule has 0 fully saturated rings. The average molecular weight is 300 g/mol. The summed E-state index contributed by atoms with van der Waals surface area (Å²) in [6, 6.07) is 5.97. The number of rotatable bonds is 9. The van der Waals surface area contributed by atoms with E-state index in [2.05, 4.69) is 17.0 Å². The van der Waals surface area contributed by atoms with Crippen LogP contribution < -0.4 is 15.8 Å². The first-order valence-corrected chi connectivity index (χ1v) is 7.10. The lowest BCUT2D eigenvalue weighted by atomic mass is 9.99. The fraction of sp³-hybridized carbons (Fsp3) is 0.533. The molecule has 4 nitrogen and oxygen atoms in total. The van der Waals surface area contributed by atoms with Crippen LogP contribution in [0.25, 0.3) is 0 Å². The van der Waals surface area contributed by atoms with Crippen molar-refractivity contribution in [3.05, 3.63) is 29.8 Å². The predicted octanol–water partition coefficient (Wildman–Crippen LogP) is 2.78. The smallest absolute Gasteiger partial charge is 0.387 e. The predicted molar refractivity (Wildman–Crippen MR) is 77.5 cm³/mol. The van der Waals surface area contributed by atoms with Gasteiger partial charge in [-0.05, 0) is 37.4 Å². The van der Waals surface area contributed by atoms with Gasteiger partial charge < -0.3 is 15.8 Å². The van der Waals surface area contributed by atoms with Crippen LogP contribution in [-0.4, -0.2) is 25.6 Å². The van der Waals surface area contributed by atoms with E-state index in [-0.39, 0.29) is 11.3 Å². The zero-order valence-electron chi connectivity index (χ0n) is 12.1. The molecule has 1 unspecified atom stereocenters. The van der Waals surface area contributed by atoms with E-state index in [9.17, 15) is 13.6 Å². The summed E-state index contributed by atoms with van der Waals surface area (Å²) < 4.78 is 29.0. The fourth-order valence-corrected chi connectivity index (χ4v) is 2.18. The molecule has 0 saturated carbocycles. The summed E-state index contributed by atoms with van der Waals surface area (Å²) in [5.74, 6) is -0.229. The SMILES string of the molecule is CCCC(CCN)CNC(=O)c1ccccc1OC(F)F. The Labute approximate surface area is 123 Å². The van der Waals surface area contributed by atoms with Crippen molar-refractivity contribution in [2.75, 3.05) is 13.1 Å². The molecule has 6 heteroatoms. The summed E-state index contributed by atoms with van der Waals surface area (Å²) in [4.78, 5) is 12.1. The van der Waals surface area contributed by atoms with Crippen LogP contribution in [0, 0.1) is 5.92 Å². The Kier molecular flexibility index (Phi) is 7.68. The highest BCUT2D eigenvalue weighted by atomic mass is 19.3. The number of nitrogens with two attached hydrogens (primary N) is 1. The molecule has 1 rings (SSSR count). The van der Waals surface area contributed by atoms with Gasteiger partial charge in [-0.3, -0.25) is 4.79 Å². The number of para-hydroxylation sites is 1. The molecular weight excluding hydrogens is 278 g/mol. The maximum absolute atomic E-state index is 12.3. The fourth-order valence-electron chi connectivity index (χ4n) is 2.18. The van der Waals surface area contributed by atoms with Crippen LogP contribution in [0.5, 0.6) is 5.75 Å². The van der Waals surface area contributed by atoms with Crippen LogP contribution in [0.15, 0.2) is 24.3 Å². The van der Waals surface area contributed by atoms with Crippen molar-refractivity contribution in [2.45, 2.75) is 32.8 Å². The number of ether oxygens (including phenoxy) is 1. The van der Waals surface area contributed by atoms with Gasteiger partial charge in [0.15, 0.2) is 0 Å². The third kappa shape index (κ3) is 6.08. The summed E-state index contributed by atoms with van der Waals surface area (Å²) in [6.07, 6.45) is 2.79. The van der Waals surface area contributed by atoms with E-state index in [1.165, 1.54) is 12.1 Å². The average Bonchev–Trinajstić information content (AvgIpc) is 2.45. The Morgan fingerprint density at radius 1 is 1.33 bits per heavy atom. The number of carbonyl (C=O) groups excluding carboxylic acids is 1. The Balaban J connectivity index is 2.66. The molecule has 0 aromatic heterocycles. The molecule has 0 saturated heterocycles. The third-order valence-electron chi connectivity index (χ3n) is 3.17. The first-order valence-electron chi connectivity index (χ1n) is 7.10. The molecule has 1 aromatic rings. The zero-order chi connectivity index (χ0) is 15.7. The number of nitrogens with one attached hydrogen (secondary N) is 1. The maximum Gasteiger partial charge on any atom is 0.387 e. The number of amides is 1. The lowest BCUT2D eigenvalue weighted by Crippen LogP contribution is -2.30. The Morgan fingerprint density at radius 3 is 2.67 bits per heavy atom. The summed E-state index contributed by atoms with van der Waals surface area (Å²) in [7, 11) is 0. The summed E-state index contributed by atoms with van der Waals surface area (Å²) in [5.41, 5.74) is 5.65. The first kappa shape index (κ1) is 17.4. The molecule has 1 atom stereocenters. The molecule has 0 radical (unpaired) electrons. The molecule has 0 heterocycles. The molecule has 0 aliphatic carbocycles. The van der Waals surface area contributed by atoms with Crippen LogP contribution >= 0.6 is 0 Å². The number of benzene rings is 1. The van der Waals surface area contributed by atoms with Gasteiger partial charge >= 0.3 is 6.61 Å². The third-order valence-corrected chi connectivity index (χ3v) is 3.17. The van der Waals surface area contributed by atoms with Gasteiger partial charge in [0.1, 0.15) is 5.75 Å². The standard InChI is InChI=1S/C15H22F2N2O2/c1-2-5-11(8-9-18)10-19-14(20)12-6-3-4-7-13(12)21-15(16)17/h3-4,6-7,11,15H,2,5,8-10,18H2,1H3,(H,19,20). The number of carbonyl (C=O) groups is 1. The maximum atomic E-state index is 12.3. The van der Waals surface area contributed by atoms with Gasteiger partial charge in [-0.2, -0.15) is 8.78 Å². The minimum Gasteiger partial charge on any atom is -0.434 e. The zero-order valence-corrected chi connectivity index (χ0v) is 12.1. The lowest BCUT2D eigenvalue weighted by molar-refractivity contribution is -0.0501. The van der Waals surface area contributed by atoms with E-state index in [1.54, 1.807) is 12.1 Å². The van der Waals surface area contributed by atoms with Crippen LogP contribution in [0.3, 0.4) is 0 Å². The second-order valence-corrected chi connectivity index (χ2v) is 4.82. The number of hydrogen-bond donors (Lipinski definition) is 2. The molecule has 1 aromatic carbocycles. The molecule has 0 aliphatic rings. The van der Waals surface area contributed by atoms with Crippen molar-refractivity contribution < 1.29 is 18.3 Å². The van der Waals surface area contributed by atoms with Crippen molar-refractivity contribution in [1.82, 2.24) is 5.32 Å². The molecule has 1 amide bonds. The minimum atomic E-state index is -2.95. The van der Waals surface area contributed by atoms with Gasteiger partial charge in [-0.25, -0.2) is 0 Å². The Bertz CT molecular complexity index is 435. The van der Waals surface area contributed by atoms with Crippen molar-refractivity contribution in [1.29, 1.82) is 0 Å². The largest absolute Gasteiger partial charge is 0.434 e. The topological polar surface area (TPSA) is 64.3 Å². The summed E-state index contributed by atoms with van der Waals surface area (Å²) in [5, 5.41) is 2.76. The van der Waals surface area contributed by atoms with Gasteiger partial charge in [0, 0.05) is 6.54 Å². The van der Waals surface area contributed by atoms with Crippen molar-refractivity contribution in [3.63, 3.8) is 0 Å². The number of halogens is 2. The number of hydrogen-bond acceptors (Lipinski definition) is 3. The molecule has 0 aliphatic heterocycles. The monoisotopic (exact) mass is 300 g/mol. The molecule has 0 spiro atoms. The molecule has 118 valence electrons. The van der Waals surface area contributed by atoms with Crippen LogP contribution in [0.4, 0.5) is 8.78 Å². The lowest BCUT2D eigenvalue weighted by Gasteiger charge is -2.17. The highest BCUT2D eigenvalue weighted by Gasteiger charge is 2.16. The first-order chi connectivity index (χ1) is 10.1. The van der Waals surface area contributed by atoms with E-state index in [4.69, 9.17) is 5.73 Å². The van der Waals surface area contributed by atoms with E-state index in [0.29, 0.717) is 19.0 Å². The highest BCUT2D eigenvalue weighted by molar-refractivity contribution is 5.96. The van der Waals surface area contributed by atoms with Crippen LogP contribution in [0.1, 0.15) is 36.5 Å². The molecule has 3 N–H and O–H groups in total. The van der Waals surface area contributed by atoms with Gasteiger partial charge in [0.25, 0.3) is 5.91 Å². The van der Waals surface area contributed by atoms with Gasteiger partial charge in [0.05, 0.1) is 5.56 Å². The van der Waals surface area contributed by atoms with Crippen molar-refractivity contribution in [2.24, 2.45) is 11.7 Å². The Morgan fingerprint density at radius 2 is 2.05 bits per heavy atom. The Hall–Kier alpha value is -1.69. The second kappa shape index (κ2) is 9.28. The normalized spacial score (nSPS) is 12.2. The van der Waals surface area contributed by atoms with Gasteiger partial charge in [0.2, 0.25) is 0 Å². The van der Waals surface area contributed by atoms with Crippen LogP contribution in [-0.2, 0) is 0 Å². The molecular formula is C15H22F2N2O2.